The molecule has 1 saturated carbocycles. The molecule has 0 unspecified atom stereocenters. The summed E-state index contributed by atoms with van der Waals surface area (Å²) in [5.41, 5.74) is 6.77. The molecule has 1 aromatic rings. The first-order chi connectivity index (χ1) is 6.15. The van der Waals surface area contributed by atoms with Crippen LogP contribution in [0.1, 0.15) is 18.4 Å². The number of nitrogens with two attached hydrogens (primary N) is 1. The van der Waals surface area contributed by atoms with E-state index in [9.17, 15) is 0 Å². The highest BCUT2D eigenvalue weighted by atomic mass is 35.5. The molecule has 1 aromatic heterocycles. The van der Waals surface area contributed by atoms with Gasteiger partial charge in [-0.2, -0.15) is 0 Å². The van der Waals surface area contributed by atoms with Crippen LogP contribution in [0, 0.1) is 0 Å². The fourth-order valence-electron chi connectivity index (χ4n) is 1.36. The van der Waals surface area contributed by atoms with E-state index in [0.29, 0.717) is 11.0 Å². The molecule has 1 aliphatic carbocycles. The third-order valence-corrected chi connectivity index (χ3v) is 2.56. The van der Waals surface area contributed by atoms with Crippen LogP contribution in [0.25, 0.3) is 0 Å². The van der Waals surface area contributed by atoms with E-state index in [2.05, 4.69) is 4.98 Å². The molecule has 0 amide bonds. The van der Waals surface area contributed by atoms with Crippen LogP contribution in [0.5, 0.6) is 5.88 Å². The molecular formula is C9H11ClN2O. The molecule has 0 aromatic carbocycles. The standard InChI is InChI=1S/C9H11ClN2O/c1-13-8-6(9(11)4-5-9)2-3-7(10)12-8/h2-3H,4-5,11H2,1H3. The third-order valence-electron chi connectivity index (χ3n) is 2.34. The van der Waals surface area contributed by atoms with Gasteiger partial charge in [-0.05, 0) is 25.0 Å². The van der Waals surface area contributed by atoms with Crippen molar-refractivity contribution >= 4 is 11.6 Å². The summed E-state index contributed by atoms with van der Waals surface area (Å²) < 4.78 is 5.12. The Morgan fingerprint density at radius 1 is 1.54 bits per heavy atom. The highest BCUT2D eigenvalue weighted by Gasteiger charge is 2.42. The number of aromatic nitrogens is 1. The van der Waals surface area contributed by atoms with Gasteiger partial charge in [0, 0.05) is 11.1 Å². The van der Waals surface area contributed by atoms with Crippen molar-refractivity contribution < 1.29 is 4.74 Å². The van der Waals surface area contributed by atoms with E-state index in [1.165, 1.54) is 0 Å². The molecule has 0 saturated heterocycles. The van der Waals surface area contributed by atoms with E-state index >= 15 is 0 Å². The monoisotopic (exact) mass is 198 g/mol. The number of rotatable bonds is 2. The van der Waals surface area contributed by atoms with Crippen molar-refractivity contribution in [3.05, 3.63) is 22.8 Å². The van der Waals surface area contributed by atoms with E-state index < -0.39 is 0 Å². The Hall–Kier alpha value is -0.800. The van der Waals surface area contributed by atoms with Crippen LogP contribution >= 0.6 is 11.6 Å². The molecular weight excluding hydrogens is 188 g/mol. The summed E-state index contributed by atoms with van der Waals surface area (Å²) in [6, 6.07) is 3.63. The lowest BCUT2D eigenvalue weighted by Gasteiger charge is -2.12. The Morgan fingerprint density at radius 3 is 2.77 bits per heavy atom. The van der Waals surface area contributed by atoms with Gasteiger partial charge in [0.1, 0.15) is 5.15 Å². The van der Waals surface area contributed by atoms with Crippen molar-refractivity contribution in [1.82, 2.24) is 4.98 Å². The minimum absolute atomic E-state index is 0.219. The average molecular weight is 199 g/mol. The molecule has 1 heterocycles. The van der Waals surface area contributed by atoms with Crippen molar-refractivity contribution in [2.24, 2.45) is 5.73 Å². The van der Waals surface area contributed by atoms with Crippen LogP contribution in [0.3, 0.4) is 0 Å². The normalized spacial score (nSPS) is 18.4. The van der Waals surface area contributed by atoms with Crippen LogP contribution in [0.15, 0.2) is 12.1 Å². The summed E-state index contributed by atoms with van der Waals surface area (Å²) in [5, 5.41) is 0.435. The minimum atomic E-state index is -0.219. The highest BCUT2D eigenvalue weighted by Crippen LogP contribution is 2.45. The van der Waals surface area contributed by atoms with Gasteiger partial charge in [0.15, 0.2) is 0 Å². The summed E-state index contributed by atoms with van der Waals surface area (Å²) in [4.78, 5) is 4.06. The molecule has 1 fully saturated rings. The Bertz CT molecular complexity index is 336. The van der Waals surface area contributed by atoms with Gasteiger partial charge in [0.05, 0.1) is 7.11 Å². The molecule has 2 N–H and O–H groups in total. The Labute approximate surface area is 81.9 Å². The van der Waals surface area contributed by atoms with Gasteiger partial charge in [0.2, 0.25) is 5.88 Å². The Morgan fingerprint density at radius 2 is 2.23 bits per heavy atom. The quantitative estimate of drug-likeness (QED) is 0.736. The highest BCUT2D eigenvalue weighted by molar-refractivity contribution is 6.29. The second-order valence-corrected chi connectivity index (χ2v) is 3.73. The zero-order valence-electron chi connectivity index (χ0n) is 7.38. The minimum Gasteiger partial charge on any atom is -0.481 e. The van der Waals surface area contributed by atoms with Crippen molar-refractivity contribution in [1.29, 1.82) is 0 Å². The predicted molar refractivity (Wildman–Crippen MR) is 50.9 cm³/mol. The summed E-state index contributed by atoms with van der Waals surface area (Å²) in [7, 11) is 1.58. The number of halogens is 1. The number of pyridine rings is 1. The van der Waals surface area contributed by atoms with E-state index in [1.807, 2.05) is 6.07 Å². The number of methoxy groups -OCH3 is 1. The van der Waals surface area contributed by atoms with E-state index in [0.717, 1.165) is 18.4 Å². The molecule has 3 nitrogen and oxygen atoms in total. The largest absolute Gasteiger partial charge is 0.481 e. The van der Waals surface area contributed by atoms with Crippen LogP contribution in [-0.4, -0.2) is 12.1 Å². The van der Waals surface area contributed by atoms with Gasteiger partial charge in [-0.15, -0.1) is 0 Å². The van der Waals surface area contributed by atoms with Crippen LogP contribution < -0.4 is 10.5 Å². The van der Waals surface area contributed by atoms with Gasteiger partial charge >= 0.3 is 0 Å². The van der Waals surface area contributed by atoms with Crippen LogP contribution in [0.4, 0.5) is 0 Å². The van der Waals surface area contributed by atoms with Crippen molar-refractivity contribution in [2.45, 2.75) is 18.4 Å². The molecule has 70 valence electrons. The zero-order chi connectivity index (χ0) is 9.47. The van der Waals surface area contributed by atoms with E-state index in [4.69, 9.17) is 22.1 Å². The van der Waals surface area contributed by atoms with Crippen molar-refractivity contribution in [2.75, 3.05) is 7.11 Å². The maximum atomic E-state index is 6.03. The van der Waals surface area contributed by atoms with Crippen molar-refractivity contribution in [3.63, 3.8) is 0 Å². The van der Waals surface area contributed by atoms with Gasteiger partial charge in [-0.1, -0.05) is 11.6 Å². The first-order valence-corrected chi connectivity index (χ1v) is 4.53. The summed E-state index contributed by atoms with van der Waals surface area (Å²) in [6.07, 6.45) is 1.99. The number of nitrogens with zero attached hydrogens (tertiary/aromatic N) is 1. The van der Waals surface area contributed by atoms with Crippen LogP contribution in [0.2, 0.25) is 5.15 Å². The number of hydrogen-bond donors (Lipinski definition) is 1. The SMILES string of the molecule is COc1nc(Cl)ccc1C1(N)CC1. The number of ether oxygens (including phenoxy) is 1. The molecule has 0 atom stereocenters. The Kier molecular flexibility index (Phi) is 1.93. The first kappa shape index (κ1) is 8.78. The van der Waals surface area contributed by atoms with Crippen molar-refractivity contribution in [3.8, 4) is 5.88 Å². The number of hydrogen-bond acceptors (Lipinski definition) is 3. The van der Waals surface area contributed by atoms with Gasteiger partial charge < -0.3 is 10.5 Å². The molecule has 0 bridgehead atoms. The fourth-order valence-corrected chi connectivity index (χ4v) is 1.50. The van der Waals surface area contributed by atoms with Gasteiger partial charge in [-0.3, -0.25) is 0 Å². The van der Waals surface area contributed by atoms with Crippen LogP contribution in [-0.2, 0) is 5.54 Å². The fraction of sp³-hybridized carbons (Fsp3) is 0.444. The maximum Gasteiger partial charge on any atom is 0.219 e. The molecule has 1 aliphatic rings. The smallest absolute Gasteiger partial charge is 0.219 e. The summed E-state index contributed by atoms with van der Waals surface area (Å²) in [5.74, 6) is 0.549. The Balaban J connectivity index is 2.45. The lowest BCUT2D eigenvalue weighted by atomic mass is 10.1. The lowest BCUT2D eigenvalue weighted by Crippen LogP contribution is -2.20. The second kappa shape index (κ2) is 2.86. The molecule has 0 aliphatic heterocycles. The van der Waals surface area contributed by atoms with Gasteiger partial charge in [-0.25, -0.2) is 4.98 Å². The second-order valence-electron chi connectivity index (χ2n) is 3.35. The molecule has 4 heteroatoms. The van der Waals surface area contributed by atoms with E-state index in [1.54, 1.807) is 13.2 Å². The zero-order valence-corrected chi connectivity index (χ0v) is 8.14. The lowest BCUT2D eigenvalue weighted by molar-refractivity contribution is 0.387. The molecule has 0 radical (unpaired) electrons. The predicted octanol–water partition coefficient (Wildman–Crippen LogP) is 1.69. The van der Waals surface area contributed by atoms with E-state index in [-0.39, 0.29) is 5.54 Å². The maximum absolute atomic E-state index is 6.03. The molecule has 2 rings (SSSR count). The summed E-state index contributed by atoms with van der Waals surface area (Å²) >= 11 is 5.73. The first-order valence-electron chi connectivity index (χ1n) is 4.16. The molecule has 13 heavy (non-hydrogen) atoms. The third kappa shape index (κ3) is 1.49. The average Bonchev–Trinajstić information content (AvgIpc) is 2.84. The van der Waals surface area contributed by atoms with Gasteiger partial charge in [0.25, 0.3) is 0 Å². The topological polar surface area (TPSA) is 48.1 Å². The molecule has 0 spiro atoms. The summed E-state index contributed by atoms with van der Waals surface area (Å²) in [6.45, 7) is 0.